The summed E-state index contributed by atoms with van der Waals surface area (Å²) in [6, 6.07) is 39.7. The second kappa shape index (κ2) is 42.8. The van der Waals surface area contributed by atoms with E-state index >= 15 is 13.2 Å². The number of hydrogen-bond acceptors (Lipinski definition) is 19. The van der Waals surface area contributed by atoms with Gasteiger partial charge in [0, 0.05) is 116 Å². The Morgan fingerprint density at radius 1 is 0.338 bits per heavy atom. The van der Waals surface area contributed by atoms with Crippen LogP contribution >= 0.6 is 0 Å². The second-order valence-corrected chi connectivity index (χ2v) is 32.5. The SMILES string of the molecule is Cc1ccc(F)cc1C(=O)NCc1ccc(-c2nn(C3CCCOC3)c(N)c2C(N)=O)c(F)c1.Cc1ccc(F)cc1C(=O)NCc1ccc(-c2nn(C3CCOC3)c(N)c2C(N)=O)c(F)c1.Cc1ccc(F)cc1C(=O)NCc1ccc(-c2nn(C3CCOCC3)c(N)c2C(N)=O)c(F)c1.Cc1ccccc1C(=O)NCc1ccc(-c2nn(C3CCOCC3)c(C)c2C(N)=O)cc1. The maximum absolute atomic E-state index is 15.1. The number of ether oxygens (including phenoxy) is 4. The summed E-state index contributed by atoms with van der Waals surface area (Å²) in [5.74, 6) is -7.70. The van der Waals surface area contributed by atoms with Crippen molar-refractivity contribution in [2.24, 2.45) is 22.9 Å². The smallest absolute Gasteiger partial charge is 0.254 e. The molecule has 18 N–H and O–H groups in total. The van der Waals surface area contributed by atoms with Crippen LogP contribution in [0.3, 0.4) is 0 Å². The van der Waals surface area contributed by atoms with E-state index in [1.54, 1.807) is 39.0 Å². The van der Waals surface area contributed by atoms with Gasteiger partial charge in [-0.1, -0.05) is 78.9 Å². The molecule has 37 heteroatoms. The first-order valence-electron chi connectivity index (χ1n) is 42.9. The lowest BCUT2D eigenvalue weighted by atomic mass is 10.0. The first-order valence-corrected chi connectivity index (χ1v) is 42.9. The fraction of sp³-hybridized carbons (Fsp3) is 0.292. The van der Waals surface area contributed by atoms with E-state index in [2.05, 4.69) is 36.6 Å². The van der Waals surface area contributed by atoms with Gasteiger partial charge in [0.25, 0.3) is 47.3 Å². The van der Waals surface area contributed by atoms with Gasteiger partial charge in [0.05, 0.1) is 42.9 Å². The molecule has 8 aromatic carbocycles. The van der Waals surface area contributed by atoms with Gasteiger partial charge in [-0.05, 0) is 203 Å². The highest BCUT2D eigenvalue weighted by atomic mass is 19.1. The average molecular weight is 1830 g/mol. The van der Waals surface area contributed by atoms with E-state index in [4.69, 9.17) is 64.2 Å². The minimum Gasteiger partial charge on any atom is -0.383 e. The normalized spacial score (nSPS) is 15.0. The molecular weight excluding hydrogens is 1730 g/mol. The standard InChI is InChI=1S/C25H28N4O3.2C24H25F2N5O3.C23H23F2N5O3/c1-16-5-3-4-6-21(16)25(31)27-15-18-7-9-19(10-8-18)23-22(24(26)30)17(2)29(28-23)20-11-13-32-14-12-20;1-13-2-4-15(25)11-18(13)24(33)29-12-14-3-5-17(19(26)10-14)21-20(23(28)32)22(27)31(30-21)16-6-8-34-9-7-16;1-13-4-6-15(25)10-18(13)24(33)29-11-14-5-7-17(19(26)9-14)21-20(23(28)32)22(27)31(30-21)16-3-2-8-34-12-16;1-12-2-4-14(24)9-17(12)23(32)28-10-13-3-5-16(18(25)8-13)20-19(22(27)31)21(26)30(29-20)15-6-7-33-11-15/h3-10,20H,11-15H2,1-2H3,(H2,26,30)(H,27,31);2-5,10-11,16H,6-9,12,27H2,1H3,(H2,28,32)(H,29,33);4-7,9-10,16H,2-3,8,11-12,27H2,1H3,(H2,28,32)(H,29,33);2-5,8-9,15H,6-7,10-11,26H2,1H3,(H2,27,31)(H,28,32). The van der Waals surface area contributed by atoms with Gasteiger partial charge in [0.1, 0.15) is 91.8 Å². The molecule has 2 atom stereocenters. The number of nitrogens with zero attached hydrogens (tertiary/aromatic N) is 8. The van der Waals surface area contributed by atoms with Crippen molar-refractivity contribution in [3.8, 4) is 45.0 Å². The zero-order chi connectivity index (χ0) is 95.2. The van der Waals surface area contributed by atoms with E-state index in [1.165, 1.54) is 86.8 Å². The van der Waals surface area contributed by atoms with Crippen molar-refractivity contribution in [2.45, 2.75) is 130 Å². The largest absolute Gasteiger partial charge is 0.383 e. The lowest BCUT2D eigenvalue weighted by Gasteiger charge is -2.23. The molecule has 8 amide bonds. The van der Waals surface area contributed by atoms with Gasteiger partial charge >= 0.3 is 0 Å². The molecule has 0 aliphatic carbocycles. The highest BCUT2D eigenvalue weighted by Gasteiger charge is 2.34. The van der Waals surface area contributed by atoms with Crippen LogP contribution in [0, 0.1) is 69.5 Å². The van der Waals surface area contributed by atoms with Gasteiger partial charge in [-0.25, -0.2) is 40.4 Å². The molecule has 0 spiro atoms. The van der Waals surface area contributed by atoms with Crippen LogP contribution in [-0.2, 0) is 45.1 Å². The highest BCUT2D eigenvalue weighted by Crippen LogP contribution is 2.39. The van der Waals surface area contributed by atoms with Crippen molar-refractivity contribution in [3.63, 3.8) is 0 Å². The molecule has 0 radical (unpaired) electrons. The molecule has 12 aromatic rings. The summed E-state index contributed by atoms with van der Waals surface area (Å²) in [5.41, 5.74) is 50.1. The Hall–Kier alpha value is -14.8. The molecule has 31 nitrogen and oxygen atoms in total. The molecule has 16 rings (SSSR count). The first-order chi connectivity index (χ1) is 63.7. The number of halogens is 6. The number of carbonyl (C=O) groups excluding carboxylic acids is 8. The Morgan fingerprint density at radius 3 is 1.02 bits per heavy atom. The lowest BCUT2D eigenvalue weighted by molar-refractivity contribution is 0.0558. The summed E-state index contributed by atoms with van der Waals surface area (Å²) in [4.78, 5) is 98.2. The van der Waals surface area contributed by atoms with Crippen molar-refractivity contribution in [1.82, 2.24) is 60.4 Å². The molecular formula is C96H101F6N19O12. The molecule has 133 heavy (non-hydrogen) atoms. The van der Waals surface area contributed by atoms with Crippen molar-refractivity contribution >= 4 is 64.7 Å². The van der Waals surface area contributed by atoms with Crippen molar-refractivity contribution in [2.75, 3.05) is 70.1 Å². The van der Waals surface area contributed by atoms with Crippen LogP contribution < -0.4 is 61.4 Å². The van der Waals surface area contributed by atoms with Crippen LogP contribution in [0.1, 0.15) is 202 Å². The topological polar surface area (TPSA) is 475 Å². The molecule has 0 saturated carbocycles. The third-order valence-corrected chi connectivity index (χ3v) is 23.4. The van der Waals surface area contributed by atoms with Crippen LogP contribution in [0.2, 0.25) is 0 Å². The minimum atomic E-state index is -0.811. The molecule has 8 heterocycles. The quantitative estimate of drug-likeness (QED) is 0.0250. The number of primary amides is 4. The van der Waals surface area contributed by atoms with E-state index in [9.17, 15) is 51.5 Å². The number of benzene rings is 8. The van der Waals surface area contributed by atoms with Gasteiger partial charge in [-0.3, -0.25) is 43.0 Å². The van der Waals surface area contributed by atoms with Gasteiger partial charge in [0.2, 0.25) is 0 Å². The summed E-state index contributed by atoms with van der Waals surface area (Å²) < 4.78 is 114. The van der Waals surface area contributed by atoms with Crippen molar-refractivity contribution < 1.29 is 83.6 Å². The number of rotatable bonds is 24. The summed E-state index contributed by atoms with van der Waals surface area (Å²) in [5, 5.41) is 28.9. The Bertz CT molecular complexity index is 6190. The van der Waals surface area contributed by atoms with Gasteiger partial charge < -0.3 is 80.4 Å². The molecule has 4 saturated heterocycles. The van der Waals surface area contributed by atoms with Crippen LogP contribution in [0.25, 0.3) is 45.0 Å². The van der Waals surface area contributed by atoms with Crippen molar-refractivity contribution in [3.05, 3.63) is 287 Å². The maximum Gasteiger partial charge on any atom is 0.254 e. The van der Waals surface area contributed by atoms with Gasteiger partial charge in [-0.15, -0.1) is 0 Å². The summed E-state index contributed by atoms with van der Waals surface area (Å²) >= 11 is 0. The second-order valence-electron chi connectivity index (χ2n) is 32.5. The number of nitrogen functional groups attached to an aromatic ring is 3. The molecule has 4 aliphatic heterocycles. The number of aromatic nitrogens is 8. The van der Waals surface area contributed by atoms with E-state index in [0.717, 1.165) is 66.3 Å². The molecule has 694 valence electrons. The van der Waals surface area contributed by atoms with Gasteiger partial charge in [-0.2, -0.15) is 20.4 Å². The summed E-state index contributed by atoms with van der Waals surface area (Å²) in [6.45, 7) is 13.8. The summed E-state index contributed by atoms with van der Waals surface area (Å²) in [6.07, 6.45) is 5.28. The zero-order valence-electron chi connectivity index (χ0n) is 73.5. The zero-order valence-corrected chi connectivity index (χ0v) is 73.5. The summed E-state index contributed by atoms with van der Waals surface area (Å²) in [7, 11) is 0. The average Bonchev–Trinajstić information content (AvgIpc) is 1.64. The predicted octanol–water partition coefficient (Wildman–Crippen LogP) is 12.5. The Balaban J connectivity index is 0.000000151. The number of hydrogen-bond donors (Lipinski definition) is 11. The number of amides is 8. The fourth-order valence-corrected chi connectivity index (χ4v) is 16.2. The number of anilines is 3. The number of carbonyl (C=O) groups is 8. The van der Waals surface area contributed by atoms with Crippen LogP contribution in [0.15, 0.2) is 158 Å². The molecule has 4 aliphatic rings. The van der Waals surface area contributed by atoms with Crippen LogP contribution in [0.5, 0.6) is 0 Å². The third-order valence-electron chi connectivity index (χ3n) is 23.4. The molecule has 0 bridgehead atoms. The maximum atomic E-state index is 15.1. The number of nitrogens with two attached hydrogens (primary N) is 7. The molecule has 4 fully saturated rings. The monoisotopic (exact) mass is 1830 g/mol. The fourth-order valence-electron chi connectivity index (χ4n) is 16.2. The van der Waals surface area contributed by atoms with Gasteiger partial charge in [0.15, 0.2) is 0 Å². The van der Waals surface area contributed by atoms with E-state index in [1.807, 2.05) is 67.1 Å². The molecule has 4 aromatic heterocycles. The van der Waals surface area contributed by atoms with Crippen molar-refractivity contribution in [1.29, 1.82) is 0 Å². The van der Waals surface area contributed by atoms with Crippen LogP contribution in [-0.4, -0.2) is 139 Å². The third kappa shape index (κ3) is 22.4. The minimum absolute atomic E-state index is 0.0185. The van der Waals surface area contributed by atoms with Crippen LogP contribution in [0.4, 0.5) is 43.8 Å². The Morgan fingerprint density at radius 2 is 0.654 bits per heavy atom. The van der Waals surface area contributed by atoms with E-state index in [-0.39, 0.29) is 134 Å². The highest BCUT2D eigenvalue weighted by molar-refractivity contribution is 6.06. The predicted molar refractivity (Wildman–Crippen MR) is 484 cm³/mol. The first kappa shape index (κ1) is 95.8. The van der Waals surface area contributed by atoms with E-state index in [0.29, 0.717) is 129 Å². The Kier molecular flexibility index (Phi) is 30.8. The lowest BCUT2D eigenvalue weighted by Crippen LogP contribution is -2.24. The Labute approximate surface area is 760 Å². The number of nitrogens with one attached hydrogen (secondary N) is 4. The van der Waals surface area contributed by atoms with E-state index < -0.39 is 76.3 Å². The number of aryl methyl sites for hydroxylation is 4. The molecule has 2 unspecified atom stereocenters.